The standard InChI is InChI=1S/C16H25NO4S/c1-12(2)20-11-15-6-5-7-16(8-15)22(18,19)17-9-13(3)21-14(4)10-17/h5-8,12-14H,9-11H2,1-4H3. The monoisotopic (exact) mass is 327 g/mol. The van der Waals surface area contributed by atoms with Crippen molar-refractivity contribution in [1.29, 1.82) is 0 Å². The summed E-state index contributed by atoms with van der Waals surface area (Å²) in [5.41, 5.74) is 0.865. The minimum atomic E-state index is -3.49. The zero-order valence-electron chi connectivity index (χ0n) is 13.7. The van der Waals surface area contributed by atoms with E-state index in [9.17, 15) is 8.42 Å². The zero-order valence-corrected chi connectivity index (χ0v) is 14.5. The van der Waals surface area contributed by atoms with Gasteiger partial charge in [-0.3, -0.25) is 0 Å². The van der Waals surface area contributed by atoms with Crippen LogP contribution in [-0.4, -0.2) is 44.1 Å². The predicted octanol–water partition coefficient (Wildman–Crippen LogP) is 2.41. The van der Waals surface area contributed by atoms with E-state index in [1.165, 1.54) is 4.31 Å². The smallest absolute Gasteiger partial charge is 0.243 e. The molecule has 0 aliphatic carbocycles. The summed E-state index contributed by atoms with van der Waals surface area (Å²) in [6.07, 6.45) is -0.0711. The van der Waals surface area contributed by atoms with E-state index in [2.05, 4.69) is 0 Å². The van der Waals surface area contributed by atoms with Gasteiger partial charge in [0.15, 0.2) is 0 Å². The molecule has 0 saturated carbocycles. The lowest BCUT2D eigenvalue weighted by molar-refractivity contribution is -0.0440. The van der Waals surface area contributed by atoms with Crippen molar-refractivity contribution in [2.24, 2.45) is 0 Å². The van der Waals surface area contributed by atoms with Crippen LogP contribution in [0.2, 0.25) is 0 Å². The first-order valence-corrected chi connectivity index (χ1v) is 9.09. The van der Waals surface area contributed by atoms with E-state index in [0.29, 0.717) is 24.6 Å². The fourth-order valence-corrected chi connectivity index (χ4v) is 4.20. The number of sulfonamides is 1. The van der Waals surface area contributed by atoms with E-state index in [-0.39, 0.29) is 18.3 Å². The van der Waals surface area contributed by atoms with E-state index < -0.39 is 10.0 Å². The Kier molecular flexibility index (Phi) is 5.60. The number of hydrogen-bond donors (Lipinski definition) is 0. The molecule has 1 aromatic rings. The van der Waals surface area contributed by atoms with Crippen molar-refractivity contribution in [2.75, 3.05) is 13.1 Å². The highest BCUT2D eigenvalue weighted by Crippen LogP contribution is 2.22. The van der Waals surface area contributed by atoms with Crippen LogP contribution in [0, 0.1) is 0 Å². The minimum absolute atomic E-state index is 0.0917. The molecule has 1 aromatic carbocycles. The highest BCUT2D eigenvalue weighted by atomic mass is 32.2. The van der Waals surface area contributed by atoms with Gasteiger partial charge in [-0.2, -0.15) is 4.31 Å². The number of morpholine rings is 1. The van der Waals surface area contributed by atoms with Crippen molar-refractivity contribution in [3.05, 3.63) is 29.8 Å². The van der Waals surface area contributed by atoms with E-state index in [1.807, 2.05) is 33.8 Å². The maximum absolute atomic E-state index is 12.8. The molecular weight excluding hydrogens is 302 g/mol. The van der Waals surface area contributed by atoms with Crippen molar-refractivity contribution >= 4 is 10.0 Å². The van der Waals surface area contributed by atoms with Crippen molar-refractivity contribution in [1.82, 2.24) is 4.31 Å². The molecule has 1 fully saturated rings. The Morgan fingerprint density at radius 3 is 2.50 bits per heavy atom. The molecule has 0 radical (unpaired) electrons. The SMILES string of the molecule is CC(C)OCc1cccc(S(=O)(=O)N2CC(C)OC(C)C2)c1. The molecule has 6 heteroatoms. The van der Waals surface area contributed by atoms with Gasteiger partial charge < -0.3 is 9.47 Å². The van der Waals surface area contributed by atoms with Gasteiger partial charge in [-0.25, -0.2) is 8.42 Å². The van der Waals surface area contributed by atoms with Gasteiger partial charge in [0.25, 0.3) is 0 Å². The summed E-state index contributed by atoms with van der Waals surface area (Å²) < 4.78 is 38.3. The summed E-state index contributed by atoms with van der Waals surface area (Å²) in [6.45, 7) is 8.89. The van der Waals surface area contributed by atoms with Crippen LogP contribution >= 0.6 is 0 Å². The molecule has 5 nitrogen and oxygen atoms in total. The Morgan fingerprint density at radius 1 is 1.27 bits per heavy atom. The van der Waals surface area contributed by atoms with Gasteiger partial charge in [-0.1, -0.05) is 12.1 Å². The lowest BCUT2D eigenvalue weighted by Crippen LogP contribution is -2.48. The first-order valence-electron chi connectivity index (χ1n) is 7.65. The van der Waals surface area contributed by atoms with E-state index in [1.54, 1.807) is 18.2 Å². The summed E-state index contributed by atoms with van der Waals surface area (Å²) >= 11 is 0. The van der Waals surface area contributed by atoms with E-state index >= 15 is 0 Å². The predicted molar refractivity (Wildman–Crippen MR) is 85.1 cm³/mol. The van der Waals surface area contributed by atoms with Crippen molar-refractivity contribution < 1.29 is 17.9 Å². The lowest BCUT2D eigenvalue weighted by atomic mass is 10.2. The number of ether oxygens (including phenoxy) is 2. The first-order chi connectivity index (χ1) is 10.3. The molecule has 1 aliphatic rings. The second-order valence-electron chi connectivity index (χ2n) is 6.09. The van der Waals surface area contributed by atoms with Crippen LogP contribution in [0.15, 0.2) is 29.2 Å². The Hall–Kier alpha value is -0.950. The molecule has 2 unspecified atom stereocenters. The second kappa shape index (κ2) is 7.08. The van der Waals surface area contributed by atoms with Crippen LogP contribution in [0.25, 0.3) is 0 Å². The fourth-order valence-electron chi connectivity index (χ4n) is 2.53. The molecule has 124 valence electrons. The molecule has 22 heavy (non-hydrogen) atoms. The number of nitrogens with zero attached hydrogens (tertiary/aromatic N) is 1. The Balaban J connectivity index is 2.20. The topological polar surface area (TPSA) is 55.8 Å². The second-order valence-corrected chi connectivity index (χ2v) is 8.02. The van der Waals surface area contributed by atoms with Gasteiger partial charge >= 0.3 is 0 Å². The van der Waals surface area contributed by atoms with Crippen LogP contribution in [0.5, 0.6) is 0 Å². The van der Waals surface area contributed by atoms with Gasteiger partial charge in [0.05, 0.1) is 29.8 Å². The molecule has 1 saturated heterocycles. The van der Waals surface area contributed by atoms with E-state index in [4.69, 9.17) is 9.47 Å². The summed E-state index contributed by atoms with van der Waals surface area (Å²) in [4.78, 5) is 0.318. The number of benzene rings is 1. The molecule has 0 spiro atoms. The third-order valence-electron chi connectivity index (χ3n) is 3.51. The lowest BCUT2D eigenvalue weighted by Gasteiger charge is -2.34. The summed E-state index contributed by atoms with van der Waals surface area (Å²) in [5.74, 6) is 0. The molecular formula is C16H25NO4S. The Bertz CT molecular complexity index is 590. The zero-order chi connectivity index (χ0) is 16.3. The normalized spacial score (nSPS) is 23.9. The molecule has 0 bridgehead atoms. The molecule has 0 aromatic heterocycles. The van der Waals surface area contributed by atoms with Gasteiger partial charge in [0.1, 0.15) is 0 Å². The largest absolute Gasteiger partial charge is 0.374 e. The quantitative estimate of drug-likeness (QED) is 0.833. The summed E-state index contributed by atoms with van der Waals surface area (Å²) in [5, 5.41) is 0. The minimum Gasteiger partial charge on any atom is -0.374 e. The molecule has 1 aliphatic heterocycles. The van der Waals surface area contributed by atoms with Crippen LogP contribution in [0.3, 0.4) is 0 Å². The third-order valence-corrected chi connectivity index (χ3v) is 5.33. The highest BCUT2D eigenvalue weighted by molar-refractivity contribution is 7.89. The van der Waals surface area contributed by atoms with Gasteiger partial charge in [-0.15, -0.1) is 0 Å². The Morgan fingerprint density at radius 2 is 1.91 bits per heavy atom. The highest BCUT2D eigenvalue weighted by Gasteiger charge is 2.32. The maximum atomic E-state index is 12.8. The number of rotatable bonds is 5. The van der Waals surface area contributed by atoms with Crippen molar-refractivity contribution in [3.63, 3.8) is 0 Å². The average Bonchev–Trinajstić information content (AvgIpc) is 2.44. The summed E-state index contributed by atoms with van der Waals surface area (Å²) in [7, 11) is -3.49. The van der Waals surface area contributed by atoms with Gasteiger partial charge in [-0.05, 0) is 45.4 Å². The van der Waals surface area contributed by atoms with Crippen LogP contribution in [0.4, 0.5) is 0 Å². The fraction of sp³-hybridized carbons (Fsp3) is 0.625. The van der Waals surface area contributed by atoms with E-state index in [0.717, 1.165) is 5.56 Å². The average molecular weight is 327 g/mol. The van der Waals surface area contributed by atoms with Gasteiger partial charge in [0, 0.05) is 13.1 Å². The number of hydrogen-bond acceptors (Lipinski definition) is 4. The molecule has 0 amide bonds. The van der Waals surface area contributed by atoms with Crippen LogP contribution < -0.4 is 0 Å². The van der Waals surface area contributed by atoms with Crippen molar-refractivity contribution in [3.8, 4) is 0 Å². The maximum Gasteiger partial charge on any atom is 0.243 e. The Labute approximate surface area is 133 Å². The van der Waals surface area contributed by atoms with Crippen molar-refractivity contribution in [2.45, 2.75) is 57.5 Å². The molecule has 1 heterocycles. The molecule has 2 rings (SSSR count). The van der Waals surface area contributed by atoms with Gasteiger partial charge in [0.2, 0.25) is 10.0 Å². The van der Waals surface area contributed by atoms with Crippen LogP contribution in [-0.2, 0) is 26.1 Å². The first kappa shape index (κ1) is 17.4. The summed E-state index contributed by atoms with van der Waals surface area (Å²) in [6, 6.07) is 6.98. The third kappa shape index (κ3) is 4.29. The molecule has 0 N–H and O–H groups in total. The molecule has 2 atom stereocenters. The van der Waals surface area contributed by atoms with Crippen LogP contribution in [0.1, 0.15) is 33.3 Å².